The van der Waals surface area contributed by atoms with Crippen molar-refractivity contribution in [2.45, 2.75) is 25.8 Å². The molecule has 1 saturated heterocycles. The lowest BCUT2D eigenvalue weighted by Crippen LogP contribution is -2.37. The third-order valence-electron chi connectivity index (χ3n) is 2.45. The van der Waals surface area contributed by atoms with Gasteiger partial charge in [-0.3, -0.25) is 9.69 Å². The van der Waals surface area contributed by atoms with Crippen LogP contribution in [0.25, 0.3) is 0 Å². The van der Waals surface area contributed by atoms with Gasteiger partial charge in [-0.1, -0.05) is 13.3 Å². The molecule has 3 amide bonds. The molecular formula is C9H16N2O2S. The maximum atomic E-state index is 11.6. The van der Waals surface area contributed by atoms with E-state index < -0.39 is 0 Å². The first-order valence-corrected chi connectivity index (χ1v) is 5.45. The van der Waals surface area contributed by atoms with Crippen LogP contribution in [-0.2, 0) is 4.79 Å². The van der Waals surface area contributed by atoms with Crippen LogP contribution in [0, 0.1) is 0 Å². The molecule has 0 aromatic heterocycles. The number of thiol groups is 1. The Bertz CT molecular complexity index is 245. The van der Waals surface area contributed by atoms with Crippen LogP contribution < -0.4 is 0 Å². The van der Waals surface area contributed by atoms with E-state index in [2.05, 4.69) is 19.6 Å². The van der Waals surface area contributed by atoms with Crippen molar-refractivity contribution >= 4 is 24.6 Å². The maximum Gasteiger partial charge on any atom is 0.327 e. The Morgan fingerprint density at radius 3 is 2.57 bits per heavy atom. The van der Waals surface area contributed by atoms with E-state index in [0.717, 1.165) is 12.8 Å². The number of nitrogens with zero attached hydrogens (tertiary/aromatic N) is 2. The number of carbonyl (C=O) groups excluding carboxylic acids is 2. The smallest absolute Gasteiger partial charge is 0.311 e. The van der Waals surface area contributed by atoms with Crippen molar-refractivity contribution in [2.75, 3.05) is 19.3 Å². The molecule has 80 valence electrons. The zero-order valence-corrected chi connectivity index (χ0v) is 9.46. The van der Waals surface area contributed by atoms with Crippen molar-refractivity contribution in [1.82, 2.24) is 9.80 Å². The number of unbranched alkanes of at least 4 members (excludes halogenated alkanes) is 1. The van der Waals surface area contributed by atoms with Gasteiger partial charge in [0.15, 0.2) is 0 Å². The summed E-state index contributed by atoms with van der Waals surface area (Å²) in [5.41, 5.74) is 0. The van der Waals surface area contributed by atoms with Crippen LogP contribution >= 0.6 is 12.6 Å². The highest BCUT2D eigenvalue weighted by Gasteiger charge is 2.41. The fourth-order valence-electron chi connectivity index (χ4n) is 1.53. The van der Waals surface area contributed by atoms with Gasteiger partial charge < -0.3 is 4.90 Å². The third-order valence-corrected chi connectivity index (χ3v) is 2.80. The van der Waals surface area contributed by atoms with E-state index in [1.807, 2.05) is 0 Å². The largest absolute Gasteiger partial charge is 0.327 e. The van der Waals surface area contributed by atoms with E-state index in [-0.39, 0.29) is 18.0 Å². The molecular weight excluding hydrogens is 200 g/mol. The second-order valence-corrected chi connectivity index (χ2v) is 3.79. The van der Waals surface area contributed by atoms with Crippen LogP contribution in [0.2, 0.25) is 0 Å². The number of carbonyl (C=O) groups is 2. The number of hydrogen-bond donors (Lipinski definition) is 1. The van der Waals surface area contributed by atoms with E-state index in [4.69, 9.17) is 0 Å². The quantitative estimate of drug-likeness (QED) is 0.562. The van der Waals surface area contributed by atoms with Crippen LogP contribution in [0.1, 0.15) is 19.8 Å². The van der Waals surface area contributed by atoms with Crippen molar-refractivity contribution in [2.24, 2.45) is 0 Å². The number of likely N-dealkylation sites (N-methyl/N-ethyl adjacent to an activating group) is 1. The Kier molecular flexibility index (Phi) is 3.80. The Labute approximate surface area is 89.7 Å². The molecule has 5 heteroatoms. The van der Waals surface area contributed by atoms with Crippen molar-refractivity contribution < 1.29 is 9.59 Å². The summed E-state index contributed by atoms with van der Waals surface area (Å²) in [7, 11) is 1.52. The molecule has 1 unspecified atom stereocenters. The maximum absolute atomic E-state index is 11.6. The summed E-state index contributed by atoms with van der Waals surface area (Å²) in [5, 5.41) is 0. The van der Waals surface area contributed by atoms with Gasteiger partial charge in [-0.05, 0) is 6.42 Å². The minimum Gasteiger partial charge on any atom is -0.311 e. The van der Waals surface area contributed by atoms with Crippen molar-refractivity contribution in [3.8, 4) is 0 Å². The van der Waals surface area contributed by atoms with Gasteiger partial charge in [0, 0.05) is 19.3 Å². The van der Waals surface area contributed by atoms with Gasteiger partial charge in [-0.15, -0.1) is 0 Å². The Morgan fingerprint density at radius 2 is 2.07 bits per heavy atom. The summed E-state index contributed by atoms with van der Waals surface area (Å²) in [6.45, 7) is 2.71. The van der Waals surface area contributed by atoms with E-state index >= 15 is 0 Å². The minimum atomic E-state index is -0.359. The van der Waals surface area contributed by atoms with Crippen molar-refractivity contribution in [3.63, 3.8) is 0 Å². The number of imide groups is 1. The molecule has 0 N–H and O–H groups in total. The number of amides is 3. The fraction of sp³-hybridized carbons (Fsp3) is 0.778. The lowest BCUT2D eigenvalue weighted by molar-refractivity contribution is -0.126. The van der Waals surface area contributed by atoms with Crippen LogP contribution in [0.15, 0.2) is 0 Å². The molecule has 14 heavy (non-hydrogen) atoms. The van der Waals surface area contributed by atoms with Crippen LogP contribution in [-0.4, -0.2) is 47.1 Å². The number of hydrogen-bond acceptors (Lipinski definition) is 3. The number of urea groups is 1. The molecule has 0 spiro atoms. The average molecular weight is 216 g/mol. The molecule has 0 saturated carbocycles. The highest BCUT2D eigenvalue weighted by atomic mass is 32.1. The molecule has 1 heterocycles. The molecule has 0 radical (unpaired) electrons. The predicted molar refractivity (Wildman–Crippen MR) is 57.4 cm³/mol. The molecule has 1 aliphatic heterocycles. The Balaban J connectivity index is 2.71. The summed E-state index contributed by atoms with van der Waals surface area (Å²) in [4.78, 5) is 25.9. The van der Waals surface area contributed by atoms with Gasteiger partial charge >= 0.3 is 6.03 Å². The summed E-state index contributed by atoms with van der Waals surface area (Å²) >= 11 is 4.10. The topological polar surface area (TPSA) is 40.6 Å². The first-order valence-electron chi connectivity index (χ1n) is 4.82. The first kappa shape index (κ1) is 11.4. The summed E-state index contributed by atoms with van der Waals surface area (Å²) in [5.74, 6) is 0.264. The monoisotopic (exact) mass is 216 g/mol. The average Bonchev–Trinajstić information content (AvgIpc) is 2.39. The molecule has 4 nitrogen and oxygen atoms in total. The summed E-state index contributed by atoms with van der Waals surface area (Å²) < 4.78 is 0. The van der Waals surface area contributed by atoms with E-state index in [1.54, 1.807) is 4.90 Å². The molecule has 1 aliphatic rings. The van der Waals surface area contributed by atoms with Gasteiger partial charge in [0.1, 0.15) is 6.04 Å². The molecule has 0 aromatic rings. The molecule has 0 aromatic carbocycles. The summed E-state index contributed by atoms with van der Waals surface area (Å²) in [6.07, 6.45) is 1.94. The second kappa shape index (κ2) is 4.68. The Hall–Kier alpha value is -0.710. The normalized spacial score (nSPS) is 22.4. The van der Waals surface area contributed by atoms with Gasteiger partial charge in [0.25, 0.3) is 5.91 Å². The van der Waals surface area contributed by atoms with E-state index in [1.165, 1.54) is 11.9 Å². The van der Waals surface area contributed by atoms with Crippen LogP contribution in [0.5, 0.6) is 0 Å². The van der Waals surface area contributed by atoms with Gasteiger partial charge in [0.05, 0.1) is 0 Å². The minimum absolute atomic E-state index is 0.138. The van der Waals surface area contributed by atoms with Gasteiger partial charge in [0.2, 0.25) is 0 Å². The second-order valence-electron chi connectivity index (χ2n) is 3.43. The van der Waals surface area contributed by atoms with Gasteiger partial charge in [-0.25, -0.2) is 4.79 Å². The summed E-state index contributed by atoms with van der Waals surface area (Å²) in [6, 6.07) is -0.551. The third kappa shape index (κ3) is 1.87. The standard InChI is InChI=1S/C9H16N2O2S/c1-3-4-5-11-7(6-14)8(12)10(2)9(11)13/h7,14H,3-6H2,1-2H3. The zero-order valence-electron chi connectivity index (χ0n) is 8.56. The van der Waals surface area contributed by atoms with Crippen molar-refractivity contribution in [3.05, 3.63) is 0 Å². The molecule has 0 bridgehead atoms. The first-order chi connectivity index (χ1) is 6.63. The lowest BCUT2D eigenvalue weighted by atomic mass is 10.2. The fourth-order valence-corrected chi connectivity index (χ4v) is 1.89. The molecule has 1 fully saturated rings. The lowest BCUT2D eigenvalue weighted by Gasteiger charge is -2.19. The van der Waals surface area contributed by atoms with Crippen LogP contribution in [0.4, 0.5) is 4.79 Å². The highest BCUT2D eigenvalue weighted by molar-refractivity contribution is 7.80. The number of rotatable bonds is 4. The van der Waals surface area contributed by atoms with E-state index in [0.29, 0.717) is 12.3 Å². The molecule has 0 aliphatic carbocycles. The molecule has 1 atom stereocenters. The predicted octanol–water partition coefficient (Wildman–Crippen LogP) is 0.979. The Morgan fingerprint density at radius 1 is 1.43 bits per heavy atom. The zero-order chi connectivity index (χ0) is 10.7. The van der Waals surface area contributed by atoms with Crippen LogP contribution in [0.3, 0.4) is 0 Å². The highest BCUT2D eigenvalue weighted by Crippen LogP contribution is 2.17. The van der Waals surface area contributed by atoms with Gasteiger partial charge in [-0.2, -0.15) is 12.6 Å². The molecule has 1 rings (SSSR count). The SMILES string of the molecule is CCCCN1C(=O)N(C)C(=O)C1CS. The van der Waals surface area contributed by atoms with E-state index in [9.17, 15) is 9.59 Å². The van der Waals surface area contributed by atoms with Crippen molar-refractivity contribution in [1.29, 1.82) is 0 Å².